The molecule has 9 atom stereocenters. The van der Waals surface area contributed by atoms with Crippen LogP contribution >= 0.6 is 0 Å². The van der Waals surface area contributed by atoms with Crippen molar-refractivity contribution in [3.63, 3.8) is 0 Å². The number of hydrogen-bond acceptors (Lipinski definition) is 13. The molecule has 0 saturated carbocycles. The molecule has 65 heavy (non-hydrogen) atoms. The molecule has 9 unspecified atom stereocenters. The number of carbonyl (C=O) groups is 3. The average molecular weight is 922 g/mol. The van der Waals surface area contributed by atoms with Gasteiger partial charge in [0, 0.05) is 103 Å². The Kier molecular flexibility index (Phi) is 23.9. The van der Waals surface area contributed by atoms with E-state index in [0.717, 1.165) is 96.9 Å². The zero-order chi connectivity index (χ0) is 47.1. The smallest absolute Gasteiger partial charge is 0.407 e. The van der Waals surface area contributed by atoms with Crippen LogP contribution in [0.4, 0.5) is 14.4 Å². The molecule has 3 saturated heterocycles. The van der Waals surface area contributed by atoms with Crippen molar-refractivity contribution in [2.24, 2.45) is 0 Å². The van der Waals surface area contributed by atoms with E-state index in [-0.39, 0.29) is 37.9 Å². The van der Waals surface area contributed by atoms with Gasteiger partial charge in [0.2, 0.25) is 0 Å². The lowest BCUT2D eigenvalue weighted by atomic mass is 10.2. The molecule has 1 aromatic heterocycles. The minimum atomic E-state index is -0.600. The summed E-state index contributed by atoms with van der Waals surface area (Å²) in [5.74, 6) is 0. The summed E-state index contributed by atoms with van der Waals surface area (Å²) in [6, 6.07) is 1.59. The van der Waals surface area contributed by atoms with Gasteiger partial charge in [-0.15, -0.1) is 0 Å². The molecule has 0 radical (unpaired) electrons. The molecule has 3 amide bonds. The fourth-order valence-corrected chi connectivity index (χ4v) is 7.94. The van der Waals surface area contributed by atoms with Gasteiger partial charge in [-0.25, -0.2) is 42.5 Å². The standard InChI is InChI=1S/C46H83N9O10/c1-7-8-27-62-34-40(33-52-30-37(52)4)65-43(58)49-23-17-11-14-20-26-55-45(60)53(24-18-12-9-15-21-47-41(56)63-38(5)31-50-28-35(50)2)44(59)54(46(55)61)25-19-13-10-16-22-48-42(57)64-39(6)32-51-29-36(51)3/h35-40H,7-34H2,1-6H3,(H,47,56)(H,48,57)(H,49,58). The van der Waals surface area contributed by atoms with Crippen LogP contribution in [0.25, 0.3) is 0 Å². The Labute approximate surface area is 386 Å². The van der Waals surface area contributed by atoms with Crippen molar-refractivity contribution in [2.45, 2.75) is 188 Å². The lowest BCUT2D eigenvalue weighted by molar-refractivity contribution is 0.0126. The quantitative estimate of drug-likeness (QED) is 0.0500. The van der Waals surface area contributed by atoms with Gasteiger partial charge in [0.25, 0.3) is 0 Å². The Hall–Kier alpha value is -3.94. The zero-order valence-corrected chi connectivity index (χ0v) is 40.5. The molecular weight excluding hydrogens is 839 g/mol. The first-order chi connectivity index (χ1) is 31.3. The van der Waals surface area contributed by atoms with Crippen LogP contribution < -0.4 is 33.0 Å². The maximum absolute atomic E-state index is 13.7. The van der Waals surface area contributed by atoms with Gasteiger partial charge in [-0.05, 0) is 79.6 Å². The Morgan fingerprint density at radius 1 is 0.523 bits per heavy atom. The molecular formula is C46H83N9O10. The predicted molar refractivity (Wildman–Crippen MR) is 250 cm³/mol. The number of hydrogen-bond donors (Lipinski definition) is 3. The Morgan fingerprint density at radius 2 is 0.862 bits per heavy atom. The minimum Gasteiger partial charge on any atom is -0.445 e. The zero-order valence-electron chi connectivity index (χ0n) is 40.5. The van der Waals surface area contributed by atoms with E-state index >= 15 is 0 Å². The first kappa shape index (κ1) is 53.7. The van der Waals surface area contributed by atoms with Gasteiger partial charge in [0.15, 0.2) is 0 Å². The van der Waals surface area contributed by atoms with E-state index in [1.165, 1.54) is 13.7 Å². The second-order valence-corrected chi connectivity index (χ2v) is 18.6. The number of nitrogens with zero attached hydrogens (tertiary/aromatic N) is 6. The number of aromatic nitrogens is 3. The lowest BCUT2D eigenvalue weighted by Gasteiger charge is -2.19. The maximum Gasteiger partial charge on any atom is 0.407 e. The Morgan fingerprint density at radius 3 is 1.22 bits per heavy atom. The highest BCUT2D eigenvalue weighted by Crippen LogP contribution is 2.19. The summed E-state index contributed by atoms with van der Waals surface area (Å²) < 4.78 is 25.9. The molecule has 19 heteroatoms. The Balaban J connectivity index is 1.20. The van der Waals surface area contributed by atoms with Crippen LogP contribution in [0.2, 0.25) is 0 Å². The number of amides is 3. The first-order valence-electron chi connectivity index (χ1n) is 24.8. The molecule has 372 valence electrons. The van der Waals surface area contributed by atoms with Crippen LogP contribution in [0.3, 0.4) is 0 Å². The van der Waals surface area contributed by atoms with E-state index in [0.29, 0.717) is 83.2 Å². The van der Waals surface area contributed by atoms with Gasteiger partial charge in [0.1, 0.15) is 18.3 Å². The third-order valence-corrected chi connectivity index (χ3v) is 12.3. The minimum absolute atomic E-state index is 0.178. The number of carbonyl (C=O) groups excluding carboxylic acids is 3. The van der Waals surface area contributed by atoms with E-state index in [2.05, 4.69) is 58.3 Å². The molecule has 4 heterocycles. The summed E-state index contributed by atoms with van der Waals surface area (Å²) in [4.78, 5) is 84.6. The maximum atomic E-state index is 13.7. The molecule has 3 aliphatic heterocycles. The predicted octanol–water partition coefficient (Wildman–Crippen LogP) is 4.11. The highest BCUT2D eigenvalue weighted by Gasteiger charge is 2.33. The molecule has 0 aliphatic carbocycles. The highest BCUT2D eigenvalue weighted by molar-refractivity contribution is 5.68. The third-order valence-electron chi connectivity index (χ3n) is 12.3. The van der Waals surface area contributed by atoms with Gasteiger partial charge < -0.3 is 34.9 Å². The monoisotopic (exact) mass is 922 g/mol. The molecule has 4 rings (SSSR count). The van der Waals surface area contributed by atoms with Gasteiger partial charge >= 0.3 is 35.3 Å². The summed E-state index contributed by atoms with van der Waals surface area (Å²) in [6.07, 6.45) is 8.34. The molecule has 3 fully saturated rings. The van der Waals surface area contributed by atoms with Crippen molar-refractivity contribution in [3.05, 3.63) is 31.5 Å². The average Bonchev–Trinajstić information content (AvgIpc) is 4.22. The summed E-state index contributed by atoms with van der Waals surface area (Å²) in [5.41, 5.74) is -1.80. The Bertz CT molecular complexity index is 1680. The van der Waals surface area contributed by atoms with Gasteiger partial charge in [-0.2, -0.15) is 0 Å². The molecule has 0 bridgehead atoms. The van der Waals surface area contributed by atoms with Gasteiger partial charge in [-0.3, -0.25) is 14.7 Å². The normalized spacial score (nSPS) is 22.1. The van der Waals surface area contributed by atoms with E-state index < -0.39 is 35.3 Å². The fraction of sp³-hybridized carbons (Fsp3) is 0.870. The molecule has 0 spiro atoms. The van der Waals surface area contributed by atoms with Crippen molar-refractivity contribution < 1.29 is 33.3 Å². The SMILES string of the molecule is CCCCOCC(CN1CC1C)OC(=O)NCCCCCCn1c(=O)n(CCCCCCNC(=O)OC(C)CN2CC2C)c(=O)n(CCCCCCNC(=O)OC(C)CN2CC2C)c1=O. The number of rotatable bonds is 35. The number of nitrogens with one attached hydrogen (secondary N) is 3. The van der Waals surface area contributed by atoms with Crippen LogP contribution in [0.15, 0.2) is 14.4 Å². The van der Waals surface area contributed by atoms with Crippen molar-refractivity contribution in [3.8, 4) is 0 Å². The van der Waals surface area contributed by atoms with Crippen molar-refractivity contribution in [1.82, 2.24) is 44.4 Å². The second kappa shape index (κ2) is 29.0. The largest absolute Gasteiger partial charge is 0.445 e. The van der Waals surface area contributed by atoms with Crippen LogP contribution in [0.5, 0.6) is 0 Å². The number of ether oxygens (including phenoxy) is 4. The van der Waals surface area contributed by atoms with Crippen molar-refractivity contribution in [2.75, 3.05) is 72.1 Å². The summed E-state index contributed by atoms with van der Waals surface area (Å²) in [6.45, 7) is 20.4. The molecule has 1 aromatic rings. The van der Waals surface area contributed by atoms with Gasteiger partial charge in [-0.1, -0.05) is 51.9 Å². The number of unbranched alkanes of at least 4 members (excludes halogenated alkanes) is 10. The third kappa shape index (κ3) is 21.1. The highest BCUT2D eigenvalue weighted by atomic mass is 16.6. The molecule has 3 N–H and O–H groups in total. The van der Waals surface area contributed by atoms with E-state index in [1.807, 2.05) is 13.8 Å². The van der Waals surface area contributed by atoms with Crippen LogP contribution in [-0.2, 0) is 38.6 Å². The topological polar surface area (TPSA) is 199 Å². The lowest BCUT2D eigenvalue weighted by Crippen LogP contribution is -2.54. The van der Waals surface area contributed by atoms with E-state index in [4.69, 9.17) is 18.9 Å². The van der Waals surface area contributed by atoms with Crippen molar-refractivity contribution >= 4 is 18.3 Å². The second-order valence-electron chi connectivity index (χ2n) is 18.6. The summed E-state index contributed by atoms with van der Waals surface area (Å²) in [5, 5.41) is 8.46. The molecule has 19 nitrogen and oxygen atoms in total. The molecule has 0 aromatic carbocycles. The number of alkyl carbamates (subject to hydrolysis) is 3. The van der Waals surface area contributed by atoms with E-state index in [1.54, 1.807) is 0 Å². The summed E-state index contributed by atoms with van der Waals surface area (Å²) >= 11 is 0. The van der Waals surface area contributed by atoms with E-state index in [9.17, 15) is 28.8 Å². The fourth-order valence-electron chi connectivity index (χ4n) is 7.94. The van der Waals surface area contributed by atoms with Crippen LogP contribution in [-0.4, -0.2) is 155 Å². The molecule has 3 aliphatic rings. The van der Waals surface area contributed by atoms with Crippen LogP contribution in [0, 0.1) is 0 Å². The summed E-state index contributed by atoms with van der Waals surface area (Å²) in [7, 11) is 0. The van der Waals surface area contributed by atoms with Crippen LogP contribution in [0.1, 0.15) is 131 Å². The van der Waals surface area contributed by atoms with Gasteiger partial charge in [0.05, 0.1) is 6.61 Å². The first-order valence-corrected chi connectivity index (χ1v) is 24.8. The van der Waals surface area contributed by atoms with Crippen molar-refractivity contribution in [1.29, 1.82) is 0 Å².